The first-order chi connectivity index (χ1) is 17.4. The molecule has 36 heavy (non-hydrogen) atoms. The molecule has 1 N–H and O–H groups in total. The van der Waals surface area contributed by atoms with Gasteiger partial charge in [-0.15, -0.1) is 0 Å². The van der Waals surface area contributed by atoms with Crippen molar-refractivity contribution in [2.24, 2.45) is 0 Å². The van der Waals surface area contributed by atoms with E-state index in [1.54, 1.807) is 11.9 Å². The third-order valence-corrected chi connectivity index (χ3v) is 6.37. The fourth-order valence-electron chi connectivity index (χ4n) is 4.13. The summed E-state index contributed by atoms with van der Waals surface area (Å²) in [5, 5.41) is 6.92. The van der Waals surface area contributed by atoms with Crippen molar-refractivity contribution in [1.82, 2.24) is 24.8 Å². The summed E-state index contributed by atoms with van der Waals surface area (Å²) in [5.41, 5.74) is 3.29. The lowest BCUT2D eigenvalue weighted by atomic mass is 10.1. The zero-order chi connectivity index (χ0) is 25.5. The number of likely N-dealkylation sites (N-methyl/N-ethyl adjacent to an activating group) is 1. The number of urea groups is 1. The van der Waals surface area contributed by atoms with Gasteiger partial charge in [-0.1, -0.05) is 29.8 Å². The number of aryl methyl sites for hydroxylation is 1. The topological polar surface area (TPSA) is 94.8 Å². The summed E-state index contributed by atoms with van der Waals surface area (Å²) >= 11 is 0. The monoisotopic (exact) mass is 490 g/mol. The predicted octanol–water partition coefficient (Wildman–Crippen LogP) is 3.92. The molecule has 4 rings (SSSR count). The molecule has 1 saturated heterocycles. The number of aromatic nitrogens is 2. The van der Waals surface area contributed by atoms with Gasteiger partial charge in [0.15, 0.2) is 5.82 Å². The van der Waals surface area contributed by atoms with Crippen LogP contribution in [0.5, 0.6) is 0 Å². The molecule has 2 aromatic carbocycles. The smallest absolute Gasteiger partial charge is 0.321 e. The maximum Gasteiger partial charge on any atom is 0.321 e. The van der Waals surface area contributed by atoms with Gasteiger partial charge in [0.2, 0.25) is 0 Å². The summed E-state index contributed by atoms with van der Waals surface area (Å²) in [6.07, 6.45) is 1.59. The van der Waals surface area contributed by atoms with Crippen LogP contribution in [-0.4, -0.2) is 83.1 Å². The lowest BCUT2D eigenvalue weighted by molar-refractivity contribution is 0.0637. The summed E-state index contributed by atoms with van der Waals surface area (Å²) < 4.78 is 5.42. The van der Waals surface area contributed by atoms with Crippen molar-refractivity contribution in [3.8, 4) is 11.5 Å². The highest BCUT2D eigenvalue weighted by Gasteiger charge is 2.22. The molecule has 0 unspecified atom stereocenters. The average Bonchev–Trinajstić information content (AvgIpc) is 3.38. The Hall–Kier alpha value is -3.72. The number of hydrogen-bond donors (Lipinski definition) is 1. The summed E-state index contributed by atoms with van der Waals surface area (Å²) in [4.78, 5) is 35.6. The normalized spacial score (nSPS) is 14.0. The van der Waals surface area contributed by atoms with E-state index in [2.05, 4.69) is 27.3 Å². The van der Waals surface area contributed by atoms with Crippen LogP contribution in [0.3, 0.4) is 0 Å². The molecule has 1 aliphatic rings. The van der Waals surface area contributed by atoms with Crippen LogP contribution >= 0.6 is 0 Å². The number of nitrogens with zero attached hydrogens (tertiary/aromatic N) is 5. The number of anilines is 1. The van der Waals surface area contributed by atoms with Gasteiger partial charge >= 0.3 is 6.03 Å². The highest BCUT2D eigenvalue weighted by Crippen LogP contribution is 2.19. The fourth-order valence-corrected chi connectivity index (χ4v) is 4.13. The Morgan fingerprint density at radius 1 is 1.03 bits per heavy atom. The number of carbonyl (C=O) groups is 2. The quantitative estimate of drug-likeness (QED) is 0.514. The number of amides is 3. The second kappa shape index (κ2) is 11.8. The number of piperazine rings is 1. The zero-order valence-electron chi connectivity index (χ0n) is 21.2. The van der Waals surface area contributed by atoms with Crippen molar-refractivity contribution >= 4 is 17.6 Å². The van der Waals surface area contributed by atoms with Gasteiger partial charge in [0, 0.05) is 63.0 Å². The lowest BCUT2D eigenvalue weighted by Gasteiger charge is -2.34. The third kappa shape index (κ3) is 6.48. The Balaban J connectivity index is 1.28. The molecule has 3 amide bonds. The van der Waals surface area contributed by atoms with Crippen LogP contribution in [0.1, 0.15) is 35.1 Å². The average molecular weight is 491 g/mol. The molecule has 0 aliphatic carbocycles. The number of carbonyl (C=O) groups excluding carboxylic acids is 2. The minimum Gasteiger partial charge on any atom is -0.336 e. The van der Waals surface area contributed by atoms with Gasteiger partial charge in [-0.3, -0.25) is 9.69 Å². The van der Waals surface area contributed by atoms with Crippen LogP contribution in [0.15, 0.2) is 53.1 Å². The molecule has 1 aromatic heterocycles. The van der Waals surface area contributed by atoms with E-state index in [1.165, 1.54) is 0 Å². The van der Waals surface area contributed by atoms with E-state index < -0.39 is 0 Å². The van der Waals surface area contributed by atoms with Crippen LogP contribution in [0.2, 0.25) is 0 Å². The molecule has 0 atom stereocenters. The van der Waals surface area contributed by atoms with Gasteiger partial charge < -0.3 is 19.6 Å². The Kier molecular flexibility index (Phi) is 8.32. The van der Waals surface area contributed by atoms with Crippen LogP contribution < -0.4 is 5.32 Å². The Morgan fingerprint density at radius 2 is 1.72 bits per heavy atom. The minimum atomic E-state index is -0.199. The lowest BCUT2D eigenvalue weighted by Crippen LogP contribution is -2.48. The SMILES string of the molecule is CCCN1CCN(C(=O)c2ccc(-c3nc(CCN(C)C(=O)Nc4ccc(C)cc4)no3)cc2)CC1. The zero-order valence-corrected chi connectivity index (χ0v) is 21.2. The third-order valence-electron chi connectivity index (χ3n) is 6.37. The highest BCUT2D eigenvalue weighted by atomic mass is 16.5. The second-order valence-corrected chi connectivity index (χ2v) is 9.19. The van der Waals surface area contributed by atoms with Crippen molar-refractivity contribution in [1.29, 1.82) is 0 Å². The molecule has 9 nitrogen and oxygen atoms in total. The number of hydrogen-bond acceptors (Lipinski definition) is 6. The first kappa shape index (κ1) is 25.4. The summed E-state index contributed by atoms with van der Waals surface area (Å²) in [5.74, 6) is 0.963. The maximum atomic E-state index is 12.9. The minimum absolute atomic E-state index is 0.0517. The largest absolute Gasteiger partial charge is 0.336 e. The molecule has 2 heterocycles. The molecule has 0 spiro atoms. The molecule has 1 aliphatic heterocycles. The van der Waals surface area contributed by atoms with Crippen molar-refractivity contribution in [2.75, 3.05) is 51.6 Å². The predicted molar refractivity (Wildman–Crippen MR) is 139 cm³/mol. The van der Waals surface area contributed by atoms with Gasteiger partial charge in [-0.05, 0) is 56.3 Å². The van der Waals surface area contributed by atoms with Crippen molar-refractivity contribution in [2.45, 2.75) is 26.7 Å². The van der Waals surface area contributed by atoms with E-state index in [1.807, 2.05) is 60.4 Å². The van der Waals surface area contributed by atoms with E-state index in [9.17, 15) is 9.59 Å². The van der Waals surface area contributed by atoms with Crippen LogP contribution in [0, 0.1) is 6.92 Å². The number of rotatable bonds is 8. The number of nitrogens with one attached hydrogen (secondary N) is 1. The molecular weight excluding hydrogens is 456 g/mol. The van der Waals surface area contributed by atoms with Gasteiger partial charge in [0.1, 0.15) is 0 Å². The summed E-state index contributed by atoms with van der Waals surface area (Å²) in [7, 11) is 1.73. The molecule has 0 saturated carbocycles. The first-order valence-corrected chi connectivity index (χ1v) is 12.5. The van der Waals surface area contributed by atoms with E-state index in [0.29, 0.717) is 30.2 Å². The molecule has 190 valence electrons. The Bertz CT molecular complexity index is 1150. The van der Waals surface area contributed by atoms with Gasteiger partial charge in [0.05, 0.1) is 0 Å². The van der Waals surface area contributed by atoms with E-state index in [4.69, 9.17) is 4.52 Å². The molecule has 0 radical (unpaired) electrons. The fraction of sp³-hybridized carbons (Fsp3) is 0.407. The van der Waals surface area contributed by atoms with Crippen LogP contribution in [0.4, 0.5) is 10.5 Å². The van der Waals surface area contributed by atoms with E-state index in [0.717, 1.165) is 56.0 Å². The van der Waals surface area contributed by atoms with E-state index in [-0.39, 0.29) is 11.9 Å². The first-order valence-electron chi connectivity index (χ1n) is 12.5. The van der Waals surface area contributed by atoms with Crippen molar-refractivity contribution < 1.29 is 14.1 Å². The van der Waals surface area contributed by atoms with E-state index >= 15 is 0 Å². The van der Waals surface area contributed by atoms with Crippen LogP contribution in [0.25, 0.3) is 11.5 Å². The maximum absolute atomic E-state index is 12.9. The Labute approximate surface area is 212 Å². The van der Waals surface area contributed by atoms with Gasteiger partial charge in [-0.2, -0.15) is 4.98 Å². The second-order valence-electron chi connectivity index (χ2n) is 9.19. The molecule has 1 fully saturated rings. The molecular formula is C27H34N6O3. The molecule has 3 aromatic rings. The van der Waals surface area contributed by atoms with Crippen molar-refractivity contribution in [3.05, 3.63) is 65.5 Å². The number of benzene rings is 2. The summed E-state index contributed by atoms with van der Waals surface area (Å²) in [6, 6.07) is 14.7. The van der Waals surface area contributed by atoms with Crippen molar-refractivity contribution in [3.63, 3.8) is 0 Å². The Morgan fingerprint density at radius 3 is 2.39 bits per heavy atom. The van der Waals surface area contributed by atoms with Gasteiger partial charge in [-0.25, -0.2) is 4.79 Å². The summed E-state index contributed by atoms with van der Waals surface area (Å²) in [6.45, 7) is 9.05. The van der Waals surface area contributed by atoms with Crippen LogP contribution in [-0.2, 0) is 6.42 Å². The molecule has 9 heteroatoms. The molecule has 0 bridgehead atoms. The highest BCUT2D eigenvalue weighted by molar-refractivity contribution is 5.94. The standard InChI is InChI=1S/C27H34N6O3/c1-4-14-32-16-18-33(19-17-32)26(34)22-9-7-21(8-10-22)25-29-24(30-36-25)13-15-31(3)27(35)28-23-11-5-20(2)6-12-23/h5-12H,4,13-19H2,1-3H3,(H,28,35). The van der Waals surface area contributed by atoms with Gasteiger partial charge in [0.25, 0.3) is 11.8 Å².